The number of rotatable bonds is 6. The lowest BCUT2D eigenvalue weighted by Crippen LogP contribution is -2.56. The summed E-state index contributed by atoms with van der Waals surface area (Å²) in [6, 6.07) is 15.3. The molecule has 0 bridgehead atoms. The molecule has 2 aromatic rings. The van der Waals surface area contributed by atoms with Crippen LogP contribution in [0.4, 0.5) is 0 Å². The highest BCUT2D eigenvalue weighted by Gasteiger charge is 2.43. The van der Waals surface area contributed by atoms with E-state index in [4.69, 9.17) is 9.47 Å². The molecule has 27 heavy (non-hydrogen) atoms. The molecule has 1 fully saturated rings. The Labute approximate surface area is 158 Å². The minimum atomic E-state index is -1.36. The van der Waals surface area contributed by atoms with Gasteiger partial charge in [-0.05, 0) is 35.7 Å². The Hall–Kier alpha value is -2.12. The van der Waals surface area contributed by atoms with Crippen LogP contribution < -0.4 is 9.47 Å². The molecule has 1 aliphatic rings. The van der Waals surface area contributed by atoms with Crippen LogP contribution in [-0.2, 0) is 6.42 Å². The zero-order valence-corrected chi connectivity index (χ0v) is 15.2. The fraction of sp³-hybridized carbons (Fsp3) is 0.429. The molecule has 6 nitrogen and oxygen atoms in total. The van der Waals surface area contributed by atoms with Crippen molar-refractivity contribution >= 4 is 0 Å². The van der Waals surface area contributed by atoms with Gasteiger partial charge in [0, 0.05) is 18.9 Å². The minimum Gasteiger partial charge on any atom is -0.497 e. The van der Waals surface area contributed by atoms with Gasteiger partial charge in [0.2, 0.25) is 0 Å². The Morgan fingerprint density at radius 1 is 0.963 bits per heavy atom. The molecule has 146 valence electrons. The Kier molecular flexibility index (Phi) is 6.34. The van der Waals surface area contributed by atoms with E-state index in [-0.39, 0.29) is 13.0 Å². The highest BCUT2D eigenvalue weighted by molar-refractivity contribution is 5.39. The number of ether oxygens (including phenoxy) is 2. The van der Waals surface area contributed by atoms with Gasteiger partial charge in [-0.2, -0.15) is 0 Å². The summed E-state index contributed by atoms with van der Waals surface area (Å²) >= 11 is 0. The van der Waals surface area contributed by atoms with Crippen LogP contribution in [-0.4, -0.2) is 58.6 Å². The van der Waals surface area contributed by atoms with E-state index in [0.29, 0.717) is 12.2 Å². The molecule has 5 atom stereocenters. The average Bonchev–Trinajstić information content (AvgIpc) is 2.70. The second-order valence-corrected chi connectivity index (χ2v) is 6.94. The maximum Gasteiger partial charge on any atom is 0.128 e. The Morgan fingerprint density at radius 2 is 1.74 bits per heavy atom. The number of aliphatic hydroxyl groups excluding tert-OH is 4. The van der Waals surface area contributed by atoms with Gasteiger partial charge in [-0.25, -0.2) is 0 Å². The van der Waals surface area contributed by atoms with Crippen molar-refractivity contribution in [2.24, 2.45) is 5.92 Å². The molecule has 3 rings (SSSR count). The van der Waals surface area contributed by atoms with Crippen molar-refractivity contribution in [3.63, 3.8) is 0 Å². The summed E-state index contributed by atoms with van der Waals surface area (Å²) < 4.78 is 11.3. The highest BCUT2D eigenvalue weighted by Crippen LogP contribution is 2.31. The quantitative estimate of drug-likeness (QED) is 0.605. The van der Waals surface area contributed by atoms with Crippen LogP contribution in [0.3, 0.4) is 0 Å². The van der Waals surface area contributed by atoms with E-state index in [1.54, 1.807) is 7.11 Å². The number of methoxy groups -OCH3 is 1. The van der Waals surface area contributed by atoms with Gasteiger partial charge < -0.3 is 29.9 Å². The Balaban J connectivity index is 1.79. The van der Waals surface area contributed by atoms with Crippen molar-refractivity contribution in [2.75, 3.05) is 13.7 Å². The molecule has 0 unspecified atom stereocenters. The predicted molar refractivity (Wildman–Crippen MR) is 99.9 cm³/mol. The van der Waals surface area contributed by atoms with Gasteiger partial charge in [0.05, 0.1) is 13.2 Å². The zero-order chi connectivity index (χ0) is 19.4. The fourth-order valence-corrected chi connectivity index (χ4v) is 3.51. The molecule has 0 aliphatic heterocycles. The maximum absolute atomic E-state index is 10.3. The molecule has 0 saturated heterocycles. The smallest absolute Gasteiger partial charge is 0.128 e. The molecule has 0 aromatic heterocycles. The predicted octanol–water partition coefficient (Wildman–Crippen LogP) is 1.13. The molecule has 0 amide bonds. The second kappa shape index (κ2) is 8.71. The molecule has 4 N–H and O–H groups in total. The lowest BCUT2D eigenvalue weighted by atomic mass is 9.81. The van der Waals surface area contributed by atoms with E-state index in [2.05, 4.69) is 0 Å². The van der Waals surface area contributed by atoms with Crippen molar-refractivity contribution in [1.29, 1.82) is 0 Å². The lowest BCUT2D eigenvalue weighted by Gasteiger charge is -2.39. The van der Waals surface area contributed by atoms with Gasteiger partial charge in [-0.3, -0.25) is 0 Å². The summed E-state index contributed by atoms with van der Waals surface area (Å²) in [5, 5.41) is 39.7. The Morgan fingerprint density at radius 3 is 2.48 bits per heavy atom. The van der Waals surface area contributed by atoms with Crippen LogP contribution >= 0.6 is 0 Å². The van der Waals surface area contributed by atoms with Crippen molar-refractivity contribution in [1.82, 2.24) is 0 Å². The lowest BCUT2D eigenvalue weighted by molar-refractivity contribution is -0.157. The van der Waals surface area contributed by atoms with Crippen LogP contribution in [0.25, 0.3) is 0 Å². The van der Waals surface area contributed by atoms with Crippen molar-refractivity contribution in [3.8, 4) is 11.5 Å². The van der Waals surface area contributed by atoms with Gasteiger partial charge in [0.15, 0.2) is 0 Å². The zero-order valence-electron chi connectivity index (χ0n) is 15.2. The van der Waals surface area contributed by atoms with Crippen LogP contribution in [0.5, 0.6) is 11.5 Å². The fourth-order valence-electron chi connectivity index (χ4n) is 3.51. The first-order valence-corrected chi connectivity index (χ1v) is 9.06. The molecule has 1 saturated carbocycles. The maximum atomic E-state index is 10.3. The summed E-state index contributed by atoms with van der Waals surface area (Å²) in [6.07, 6.45) is -3.60. The largest absolute Gasteiger partial charge is 0.497 e. The third-order valence-corrected chi connectivity index (χ3v) is 5.11. The minimum absolute atomic E-state index is 0.253. The summed E-state index contributed by atoms with van der Waals surface area (Å²) in [5.74, 6) is 0.833. The SMILES string of the molecule is COc1cccc(Cc2ccccc2O[C@@H]2C[C@H](CO)[C@@H](O)[C@H](O)[C@H]2O)c1. The van der Waals surface area contributed by atoms with E-state index in [1.165, 1.54) is 0 Å². The highest BCUT2D eigenvalue weighted by atomic mass is 16.5. The summed E-state index contributed by atoms with van der Waals surface area (Å²) in [6.45, 7) is -0.281. The molecule has 0 radical (unpaired) electrons. The van der Waals surface area contributed by atoms with E-state index < -0.39 is 30.3 Å². The third kappa shape index (κ3) is 4.42. The molecule has 2 aromatic carbocycles. The summed E-state index contributed by atoms with van der Waals surface area (Å²) in [4.78, 5) is 0. The number of benzene rings is 2. The van der Waals surface area contributed by atoms with Gasteiger partial charge in [0.1, 0.15) is 29.8 Å². The number of aliphatic hydroxyl groups is 4. The van der Waals surface area contributed by atoms with Crippen LogP contribution in [0, 0.1) is 5.92 Å². The first-order chi connectivity index (χ1) is 13.0. The molecular formula is C21H26O6. The monoisotopic (exact) mass is 374 g/mol. The van der Waals surface area contributed by atoms with Gasteiger partial charge in [0.25, 0.3) is 0 Å². The average molecular weight is 374 g/mol. The molecule has 6 heteroatoms. The normalized spacial score (nSPS) is 28.0. The first kappa shape index (κ1) is 19.6. The van der Waals surface area contributed by atoms with E-state index in [9.17, 15) is 20.4 Å². The number of hydrogen-bond acceptors (Lipinski definition) is 6. The molecular weight excluding hydrogens is 348 g/mol. The molecule has 0 spiro atoms. The van der Waals surface area contributed by atoms with Crippen LogP contribution in [0.15, 0.2) is 48.5 Å². The topological polar surface area (TPSA) is 99.4 Å². The van der Waals surface area contributed by atoms with Gasteiger partial charge >= 0.3 is 0 Å². The Bertz CT molecular complexity index is 747. The van der Waals surface area contributed by atoms with E-state index in [0.717, 1.165) is 16.9 Å². The summed E-state index contributed by atoms with van der Waals surface area (Å²) in [5.41, 5.74) is 1.98. The molecule has 0 heterocycles. The van der Waals surface area contributed by atoms with Crippen LogP contribution in [0.1, 0.15) is 17.5 Å². The van der Waals surface area contributed by atoms with Crippen molar-refractivity contribution < 1.29 is 29.9 Å². The van der Waals surface area contributed by atoms with Crippen molar-refractivity contribution in [2.45, 2.75) is 37.3 Å². The first-order valence-electron chi connectivity index (χ1n) is 9.06. The summed E-state index contributed by atoms with van der Waals surface area (Å²) in [7, 11) is 1.62. The van der Waals surface area contributed by atoms with Crippen LogP contribution in [0.2, 0.25) is 0 Å². The number of hydrogen-bond donors (Lipinski definition) is 4. The number of para-hydroxylation sites is 1. The van der Waals surface area contributed by atoms with E-state index >= 15 is 0 Å². The third-order valence-electron chi connectivity index (χ3n) is 5.11. The molecule has 1 aliphatic carbocycles. The van der Waals surface area contributed by atoms with Gasteiger partial charge in [-0.15, -0.1) is 0 Å². The second-order valence-electron chi connectivity index (χ2n) is 6.94. The van der Waals surface area contributed by atoms with Crippen molar-refractivity contribution in [3.05, 3.63) is 59.7 Å². The van der Waals surface area contributed by atoms with E-state index in [1.807, 2.05) is 48.5 Å². The standard InChI is InChI=1S/C21H26O6/c1-26-16-7-4-5-13(10-16)9-14-6-2-3-8-17(14)27-18-11-15(12-22)19(23)21(25)20(18)24/h2-8,10,15,18-25H,9,11-12H2,1H3/t15-,18-,19-,20+,21+/m1/s1. The van der Waals surface area contributed by atoms with Gasteiger partial charge in [-0.1, -0.05) is 30.3 Å².